The summed E-state index contributed by atoms with van der Waals surface area (Å²) in [6.07, 6.45) is -4.34. The summed E-state index contributed by atoms with van der Waals surface area (Å²) in [7, 11) is -9.04. The molecule has 176 valence electrons. The summed E-state index contributed by atoms with van der Waals surface area (Å²) in [4.78, 5) is 2.01. The molecule has 2 atom stereocenters. The first-order chi connectivity index (χ1) is 14.6. The molecule has 1 fully saturated rings. The van der Waals surface area contributed by atoms with E-state index in [2.05, 4.69) is 4.98 Å². The molecule has 3 rings (SSSR count). The Balaban J connectivity index is 2.00. The van der Waals surface area contributed by atoms with Crippen LogP contribution in [0.4, 0.5) is 13.2 Å². The van der Waals surface area contributed by atoms with Gasteiger partial charge in [-0.15, -0.1) is 0 Å². The Bertz CT molecular complexity index is 1240. The molecular weight excluding hydrogens is 520 g/mol. The smallest absolute Gasteiger partial charge is 0.393 e. The van der Waals surface area contributed by atoms with Gasteiger partial charge in [-0.25, -0.2) is 16.8 Å². The molecule has 2 aromatic rings. The number of nitrogens with zero attached hydrogens (tertiary/aromatic N) is 2. The molecule has 1 aromatic carbocycles. The van der Waals surface area contributed by atoms with E-state index in [9.17, 15) is 40.2 Å². The van der Waals surface area contributed by atoms with Gasteiger partial charge in [0, 0.05) is 24.3 Å². The number of aliphatic hydroxyl groups is 2. The zero-order valence-corrected chi connectivity index (χ0v) is 18.9. The zero-order chi connectivity index (χ0) is 24.1. The average molecular weight is 535 g/mol. The molecule has 8 nitrogen and oxygen atoms in total. The van der Waals surface area contributed by atoms with Crippen molar-refractivity contribution in [1.82, 2.24) is 9.29 Å². The highest BCUT2D eigenvalue weighted by atomic mass is 35.5. The molecule has 0 amide bonds. The van der Waals surface area contributed by atoms with E-state index in [1.807, 2.05) is 0 Å². The summed E-state index contributed by atoms with van der Waals surface area (Å²) in [6, 6.07) is 4.60. The second kappa shape index (κ2) is 8.38. The third kappa shape index (κ3) is 4.47. The van der Waals surface area contributed by atoms with Crippen LogP contribution in [0.1, 0.15) is 5.69 Å². The standard InChI is InChI=1S/C17H15Cl2F3N2O6S2/c18-10-1-3-13(12(19)5-10)32(29,30)24-7-15(16(26,8-24)9-25)31(27,28)11-2-4-14(23-6-11)17(20,21)22/h1-6,15,25-26H,7-9H2/t15?,16-/m1/s1. The zero-order valence-electron chi connectivity index (χ0n) is 15.8. The maximum absolute atomic E-state index is 13.0. The van der Waals surface area contributed by atoms with Gasteiger partial charge < -0.3 is 10.2 Å². The number of sulfonamides is 1. The third-order valence-electron chi connectivity index (χ3n) is 4.93. The molecule has 2 heterocycles. The molecule has 32 heavy (non-hydrogen) atoms. The Hall–Kier alpha value is -1.48. The van der Waals surface area contributed by atoms with Crippen molar-refractivity contribution in [2.45, 2.75) is 26.8 Å². The van der Waals surface area contributed by atoms with Crippen LogP contribution in [0, 0.1) is 0 Å². The van der Waals surface area contributed by atoms with Crippen molar-refractivity contribution in [1.29, 1.82) is 0 Å². The highest BCUT2D eigenvalue weighted by Gasteiger charge is 2.55. The fraction of sp³-hybridized carbons (Fsp3) is 0.353. The number of aromatic nitrogens is 1. The quantitative estimate of drug-likeness (QED) is 0.600. The summed E-state index contributed by atoms with van der Waals surface area (Å²) >= 11 is 11.7. The van der Waals surface area contributed by atoms with Crippen molar-refractivity contribution in [2.75, 3.05) is 19.7 Å². The number of aliphatic hydroxyl groups excluding tert-OH is 1. The van der Waals surface area contributed by atoms with E-state index in [0.717, 1.165) is 12.1 Å². The molecule has 0 spiro atoms. The summed E-state index contributed by atoms with van der Waals surface area (Å²) < 4.78 is 90.9. The minimum absolute atomic E-state index is 0.150. The van der Waals surface area contributed by atoms with Crippen LogP contribution in [-0.4, -0.2) is 66.9 Å². The van der Waals surface area contributed by atoms with Gasteiger partial charge in [0.1, 0.15) is 21.4 Å². The first kappa shape index (κ1) is 25.1. The van der Waals surface area contributed by atoms with Crippen LogP contribution < -0.4 is 0 Å². The van der Waals surface area contributed by atoms with E-state index in [1.54, 1.807) is 0 Å². The van der Waals surface area contributed by atoms with Crippen LogP contribution in [0.5, 0.6) is 0 Å². The second-order valence-corrected chi connectivity index (χ2v) is 11.9. The van der Waals surface area contributed by atoms with E-state index >= 15 is 0 Å². The molecule has 0 bridgehead atoms. The minimum atomic E-state index is -4.80. The molecule has 1 aliphatic rings. The normalized spacial score (nSPS) is 22.9. The second-order valence-electron chi connectivity index (χ2n) is 7.04. The molecule has 1 aromatic heterocycles. The van der Waals surface area contributed by atoms with Gasteiger partial charge >= 0.3 is 6.18 Å². The topological polar surface area (TPSA) is 125 Å². The lowest BCUT2D eigenvalue weighted by Crippen LogP contribution is -2.49. The molecule has 15 heteroatoms. The van der Waals surface area contributed by atoms with Crippen LogP contribution in [0.2, 0.25) is 10.0 Å². The largest absolute Gasteiger partial charge is 0.433 e. The predicted octanol–water partition coefficient (Wildman–Crippen LogP) is 1.98. The highest BCUT2D eigenvalue weighted by molar-refractivity contribution is 7.92. The number of hydrogen-bond donors (Lipinski definition) is 2. The van der Waals surface area contributed by atoms with Crippen molar-refractivity contribution in [3.63, 3.8) is 0 Å². The Morgan fingerprint density at radius 2 is 1.81 bits per heavy atom. The Labute approximate surface area is 191 Å². The van der Waals surface area contributed by atoms with E-state index in [4.69, 9.17) is 23.2 Å². The fourth-order valence-corrected chi connectivity index (χ4v) is 7.50. The summed E-state index contributed by atoms with van der Waals surface area (Å²) in [5.41, 5.74) is -3.77. The van der Waals surface area contributed by atoms with E-state index in [-0.39, 0.29) is 10.0 Å². The lowest BCUT2D eigenvalue weighted by Gasteiger charge is -2.26. The van der Waals surface area contributed by atoms with Gasteiger partial charge in [-0.3, -0.25) is 4.98 Å². The molecule has 0 saturated carbocycles. The summed E-state index contributed by atoms with van der Waals surface area (Å²) in [5, 5.41) is 18.4. The van der Waals surface area contributed by atoms with E-state index in [1.165, 1.54) is 6.07 Å². The Kier molecular flexibility index (Phi) is 6.59. The van der Waals surface area contributed by atoms with E-state index < -0.39 is 72.1 Å². The number of benzene rings is 1. The first-order valence-electron chi connectivity index (χ1n) is 8.68. The number of hydrogen-bond acceptors (Lipinski definition) is 7. The average Bonchev–Trinajstić information content (AvgIpc) is 3.07. The van der Waals surface area contributed by atoms with Gasteiger partial charge in [-0.2, -0.15) is 17.5 Å². The SMILES string of the molecule is O=S(=O)(c1ccc(C(F)(F)F)nc1)C1CN(S(=O)(=O)c2ccc(Cl)cc2Cl)C[C@@]1(O)CO. The van der Waals surface area contributed by atoms with Gasteiger partial charge in [-0.05, 0) is 30.3 Å². The maximum Gasteiger partial charge on any atom is 0.433 e. The molecule has 0 radical (unpaired) electrons. The molecule has 1 saturated heterocycles. The van der Waals surface area contributed by atoms with Crippen molar-refractivity contribution in [3.8, 4) is 0 Å². The predicted molar refractivity (Wildman–Crippen MR) is 107 cm³/mol. The number of halogens is 5. The number of β-amino-alcohol motifs (C(OH)–C–C–N with tert-alkyl or cyclic N) is 1. The lowest BCUT2D eigenvalue weighted by atomic mass is 10.1. The van der Waals surface area contributed by atoms with Gasteiger partial charge in [0.2, 0.25) is 10.0 Å². The third-order valence-corrected chi connectivity index (χ3v) is 9.70. The molecule has 2 N–H and O–H groups in total. The molecule has 0 aliphatic carbocycles. The Morgan fingerprint density at radius 3 is 2.31 bits per heavy atom. The molecular formula is C17H15Cl2F3N2O6S2. The maximum atomic E-state index is 13.0. The number of pyridine rings is 1. The number of sulfone groups is 1. The monoisotopic (exact) mass is 534 g/mol. The summed E-state index contributed by atoms with van der Waals surface area (Å²) in [6.45, 7) is -2.73. The summed E-state index contributed by atoms with van der Waals surface area (Å²) in [5.74, 6) is 0. The highest BCUT2D eigenvalue weighted by Crippen LogP contribution is 2.37. The van der Waals surface area contributed by atoms with Crippen molar-refractivity contribution < 1.29 is 40.2 Å². The van der Waals surface area contributed by atoms with Crippen molar-refractivity contribution in [2.24, 2.45) is 0 Å². The van der Waals surface area contributed by atoms with Gasteiger partial charge in [0.25, 0.3) is 0 Å². The molecule has 1 aliphatic heterocycles. The number of rotatable bonds is 5. The van der Waals surface area contributed by atoms with E-state index in [0.29, 0.717) is 22.6 Å². The van der Waals surface area contributed by atoms with Gasteiger partial charge in [0.05, 0.1) is 16.5 Å². The Morgan fingerprint density at radius 1 is 1.16 bits per heavy atom. The number of alkyl halides is 3. The van der Waals surface area contributed by atoms with Crippen LogP contribution in [0.15, 0.2) is 46.3 Å². The van der Waals surface area contributed by atoms with Crippen molar-refractivity contribution >= 4 is 43.1 Å². The minimum Gasteiger partial charge on any atom is -0.393 e. The van der Waals surface area contributed by atoms with Crippen LogP contribution in [0.3, 0.4) is 0 Å². The van der Waals surface area contributed by atoms with Crippen molar-refractivity contribution in [3.05, 3.63) is 52.3 Å². The first-order valence-corrected chi connectivity index (χ1v) is 12.4. The van der Waals surface area contributed by atoms with Crippen LogP contribution in [0.25, 0.3) is 0 Å². The van der Waals surface area contributed by atoms with Crippen LogP contribution >= 0.6 is 23.2 Å². The lowest BCUT2D eigenvalue weighted by molar-refractivity contribution is -0.141. The molecule has 1 unspecified atom stereocenters. The van der Waals surface area contributed by atoms with Crippen LogP contribution in [-0.2, 0) is 26.0 Å². The fourth-order valence-electron chi connectivity index (χ4n) is 3.25. The van der Waals surface area contributed by atoms with Gasteiger partial charge in [0.15, 0.2) is 9.84 Å². The van der Waals surface area contributed by atoms with Gasteiger partial charge in [-0.1, -0.05) is 23.2 Å².